The number of aliphatic hydroxyl groups is 1. The van der Waals surface area contributed by atoms with Crippen LogP contribution >= 0.6 is 0 Å². The van der Waals surface area contributed by atoms with Crippen molar-refractivity contribution in [2.45, 2.75) is 45.6 Å². The van der Waals surface area contributed by atoms with E-state index in [4.69, 9.17) is 9.84 Å². The molecule has 26 heavy (non-hydrogen) atoms. The smallest absolute Gasteiger partial charge is 0.342 e. The number of unbranched alkanes of at least 4 members (excludes halogenated alkanes) is 1. The minimum atomic E-state index is -0.676. The van der Waals surface area contributed by atoms with Gasteiger partial charge in [-0.25, -0.2) is 4.79 Å². The Morgan fingerprint density at radius 3 is 2.38 bits per heavy atom. The van der Waals surface area contributed by atoms with E-state index in [2.05, 4.69) is 0 Å². The number of hydrogen-bond acceptors (Lipinski definition) is 4. The van der Waals surface area contributed by atoms with Crippen molar-refractivity contribution in [3.8, 4) is 0 Å². The number of hydrogen-bond donors (Lipinski definition) is 1. The van der Waals surface area contributed by atoms with Crippen molar-refractivity contribution in [2.75, 3.05) is 6.61 Å². The second-order valence-electron chi connectivity index (χ2n) is 7.27. The average molecular weight is 354 g/mol. The molecule has 0 aliphatic carbocycles. The van der Waals surface area contributed by atoms with Crippen LogP contribution in [0.2, 0.25) is 0 Å². The molecular formula is C22H26O4. The van der Waals surface area contributed by atoms with Crippen molar-refractivity contribution in [3.05, 3.63) is 53.6 Å². The summed E-state index contributed by atoms with van der Waals surface area (Å²) in [5.41, 5.74) is 0.151. The van der Waals surface area contributed by atoms with E-state index in [0.29, 0.717) is 12.8 Å². The molecule has 1 N–H and O–H groups in total. The van der Waals surface area contributed by atoms with Gasteiger partial charge in [-0.1, -0.05) is 36.4 Å². The van der Waals surface area contributed by atoms with Crippen LogP contribution in [0.15, 0.2) is 48.0 Å². The number of benzene rings is 2. The quantitative estimate of drug-likeness (QED) is 0.265. The predicted octanol–water partition coefficient (Wildman–Crippen LogP) is 4.30. The molecule has 4 heteroatoms. The number of ketones is 1. The fourth-order valence-electron chi connectivity index (χ4n) is 2.58. The molecule has 2 aromatic rings. The van der Waals surface area contributed by atoms with E-state index in [1.807, 2.05) is 42.5 Å². The normalized spacial score (nSPS) is 12.2. The molecule has 0 heterocycles. The predicted molar refractivity (Wildman–Crippen MR) is 104 cm³/mol. The zero-order valence-corrected chi connectivity index (χ0v) is 15.6. The third kappa shape index (κ3) is 5.81. The van der Waals surface area contributed by atoms with E-state index in [9.17, 15) is 9.59 Å². The number of carbonyl (C=O) groups is 2. The lowest BCUT2D eigenvalue weighted by Crippen LogP contribution is -2.27. The minimum Gasteiger partial charge on any atom is -0.456 e. The van der Waals surface area contributed by atoms with Gasteiger partial charge in [-0.05, 0) is 62.1 Å². The van der Waals surface area contributed by atoms with Crippen LogP contribution in [0.3, 0.4) is 0 Å². The number of ether oxygens (including phenoxy) is 1. The Hall–Kier alpha value is -2.46. The molecule has 0 saturated heterocycles. The van der Waals surface area contributed by atoms with Crippen LogP contribution < -0.4 is 0 Å². The van der Waals surface area contributed by atoms with Gasteiger partial charge in [0, 0.05) is 13.0 Å². The second kappa shape index (κ2) is 8.77. The summed E-state index contributed by atoms with van der Waals surface area (Å²) < 4.78 is 5.41. The van der Waals surface area contributed by atoms with Gasteiger partial charge < -0.3 is 9.84 Å². The fourth-order valence-corrected chi connectivity index (χ4v) is 2.58. The fraction of sp³-hybridized carbons (Fsp3) is 0.364. The molecule has 138 valence electrons. The molecule has 0 aliphatic rings. The van der Waals surface area contributed by atoms with Crippen molar-refractivity contribution >= 4 is 28.6 Å². The van der Waals surface area contributed by atoms with E-state index in [-0.39, 0.29) is 24.4 Å². The third-order valence-electron chi connectivity index (χ3n) is 3.82. The van der Waals surface area contributed by atoms with E-state index in [1.165, 1.54) is 0 Å². The van der Waals surface area contributed by atoms with E-state index >= 15 is 0 Å². The number of fused-ring (bicyclic) bond motifs is 1. The number of rotatable bonds is 7. The first-order valence-corrected chi connectivity index (χ1v) is 8.88. The molecule has 0 spiro atoms. The molecule has 4 nitrogen and oxygen atoms in total. The first-order chi connectivity index (χ1) is 12.3. The number of esters is 1. The third-order valence-corrected chi connectivity index (χ3v) is 3.82. The van der Waals surface area contributed by atoms with Crippen LogP contribution in [0.4, 0.5) is 0 Å². The summed E-state index contributed by atoms with van der Waals surface area (Å²) in [6, 6.07) is 13.7. The summed E-state index contributed by atoms with van der Waals surface area (Å²) in [7, 11) is 0. The topological polar surface area (TPSA) is 63.6 Å². The second-order valence-corrected chi connectivity index (χ2v) is 7.27. The van der Waals surface area contributed by atoms with Crippen molar-refractivity contribution in [2.24, 2.45) is 0 Å². The molecule has 0 atom stereocenters. The van der Waals surface area contributed by atoms with Crippen LogP contribution in [-0.2, 0) is 14.3 Å². The highest BCUT2D eigenvalue weighted by Gasteiger charge is 2.24. The molecule has 0 bridgehead atoms. The highest BCUT2D eigenvalue weighted by atomic mass is 16.6. The zero-order chi connectivity index (χ0) is 19.2. The largest absolute Gasteiger partial charge is 0.456 e. The summed E-state index contributed by atoms with van der Waals surface area (Å²) in [6.45, 7) is 5.35. The number of Topliss-reactive ketones (excluding diaryl/α,β-unsaturated/α-hetero) is 1. The highest BCUT2D eigenvalue weighted by Crippen LogP contribution is 2.20. The van der Waals surface area contributed by atoms with Crippen molar-refractivity contribution in [1.29, 1.82) is 0 Å². The molecule has 0 aromatic heterocycles. The summed E-state index contributed by atoms with van der Waals surface area (Å²) >= 11 is 0. The molecule has 0 saturated carbocycles. The van der Waals surface area contributed by atoms with Gasteiger partial charge in [0.15, 0.2) is 5.78 Å². The van der Waals surface area contributed by atoms with Crippen molar-refractivity contribution in [1.82, 2.24) is 0 Å². The maximum atomic E-state index is 12.6. The summed E-state index contributed by atoms with van der Waals surface area (Å²) in [5, 5.41) is 11.0. The summed E-state index contributed by atoms with van der Waals surface area (Å²) in [4.78, 5) is 25.1. The van der Waals surface area contributed by atoms with Crippen molar-refractivity contribution in [3.63, 3.8) is 0 Å². The zero-order valence-electron chi connectivity index (χ0n) is 15.6. The Balaban J connectivity index is 2.34. The van der Waals surface area contributed by atoms with Crippen LogP contribution in [-0.4, -0.2) is 29.1 Å². The van der Waals surface area contributed by atoms with Crippen LogP contribution in [0, 0.1) is 0 Å². The molecule has 2 aromatic carbocycles. The lowest BCUT2D eigenvalue weighted by atomic mass is 10.0. The average Bonchev–Trinajstić information content (AvgIpc) is 2.58. The van der Waals surface area contributed by atoms with Crippen LogP contribution in [0.5, 0.6) is 0 Å². The van der Waals surface area contributed by atoms with Gasteiger partial charge in [-0.3, -0.25) is 4.79 Å². The maximum Gasteiger partial charge on any atom is 0.342 e. The maximum absolute atomic E-state index is 12.6. The van der Waals surface area contributed by atoms with Crippen molar-refractivity contribution < 1.29 is 19.4 Å². The van der Waals surface area contributed by atoms with E-state index < -0.39 is 11.6 Å². The summed E-state index contributed by atoms with van der Waals surface area (Å²) in [5.74, 6) is -0.875. The van der Waals surface area contributed by atoms with Crippen LogP contribution in [0.1, 0.15) is 45.6 Å². The van der Waals surface area contributed by atoms with Gasteiger partial charge in [0.25, 0.3) is 0 Å². The molecule has 0 radical (unpaired) electrons. The number of aliphatic hydroxyl groups excluding tert-OH is 1. The van der Waals surface area contributed by atoms with E-state index in [1.54, 1.807) is 26.8 Å². The van der Waals surface area contributed by atoms with E-state index in [0.717, 1.165) is 16.3 Å². The Bertz CT molecular complexity index is 812. The summed E-state index contributed by atoms with van der Waals surface area (Å²) in [6.07, 6.45) is 2.87. The van der Waals surface area contributed by atoms with Gasteiger partial charge in [0.1, 0.15) is 11.2 Å². The Labute approximate surface area is 154 Å². The molecule has 2 rings (SSSR count). The lowest BCUT2D eigenvalue weighted by Gasteiger charge is -2.20. The minimum absolute atomic E-state index is 0.0312. The molecule has 0 amide bonds. The Kier molecular flexibility index (Phi) is 6.70. The molecule has 0 unspecified atom stereocenters. The Morgan fingerprint density at radius 1 is 1.04 bits per heavy atom. The van der Waals surface area contributed by atoms with Crippen LogP contribution in [0.25, 0.3) is 16.8 Å². The van der Waals surface area contributed by atoms with Gasteiger partial charge in [0.05, 0.1) is 0 Å². The highest BCUT2D eigenvalue weighted by molar-refractivity contribution is 6.20. The lowest BCUT2D eigenvalue weighted by molar-refractivity contribution is -0.150. The monoisotopic (exact) mass is 354 g/mol. The number of carbonyl (C=O) groups excluding carboxylic acids is 2. The van der Waals surface area contributed by atoms with Gasteiger partial charge >= 0.3 is 5.97 Å². The SMILES string of the molecule is CC(C)(C)OC(=O)/C(=C/c1ccc2ccccc2c1)C(=O)CCCCO. The Morgan fingerprint density at radius 2 is 1.73 bits per heavy atom. The van der Waals surface area contributed by atoms with Gasteiger partial charge in [-0.15, -0.1) is 0 Å². The molecular weight excluding hydrogens is 328 g/mol. The van der Waals surface area contributed by atoms with Gasteiger partial charge in [-0.2, -0.15) is 0 Å². The standard InChI is InChI=1S/C22H26O4/c1-22(2,3)26-21(25)19(20(24)10-6-7-13-23)15-16-11-12-17-8-4-5-9-18(17)14-16/h4-5,8-9,11-12,14-15,23H,6-7,10,13H2,1-3H3/b19-15+. The molecule has 0 fully saturated rings. The first-order valence-electron chi connectivity index (χ1n) is 8.88. The van der Waals surface area contributed by atoms with Gasteiger partial charge in [0.2, 0.25) is 0 Å². The first kappa shape index (κ1) is 19.9. The molecule has 0 aliphatic heterocycles.